The molecular formula is C10H15ClN2S. The molecule has 0 amide bonds. The maximum absolute atomic E-state index is 5.75. The Morgan fingerprint density at radius 2 is 2.50 bits per heavy atom. The average Bonchev–Trinajstić information content (AvgIpc) is 2.72. The molecule has 1 aromatic heterocycles. The van der Waals surface area contributed by atoms with Crippen LogP contribution in [0, 0.1) is 11.8 Å². The quantitative estimate of drug-likeness (QED) is 0.858. The van der Waals surface area contributed by atoms with Crippen molar-refractivity contribution in [3.8, 4) is 0 Å². The van der Waals surface area contributed by atoms with Crippen molar-refractivity contribution in [3.63, 3.8) is 0 Å². The predicted octanol–water partition coefficient (Wildman–Crippen LogP) is 3.64. The Bertz CT molecular complexity index is 300. The fraction of sp³-hybridized carbons (Fsp3) is 0.700. The molecule has 1 aliphatic carbocycles. The Kier molecular flexibility index (Phi) is 3.29. The van der Waals surface area contributed by atoms with Gasteiger partial charge >= 0.3 is 0 Å². The van der Waals surface area contributed by atoms with Crippen LogP contribution in [0.3, 0.4) is 0 Å². The Labute approximate surface area is 93.7 Å². The largest absolute Gasteiger partial charge is 0.369 e. The molecular weight excluding hydrogens is 216 g/mol. The maximum atomic E-state index is 5.75. The highest BCUT2D eigenvalue weighted by Gasteiger charge is 2.20. The number of hydrogen-bond donors (Lipinski definition) is 1. The number of aromatic nitrogens is 1. The first-order valence-corrected chi connectivity index (χ1v) is 6.34. The Morgan fingerprint density at radius 3 is 3.07 bits per heavy atom. The van der Waals surface area contributed by atoms with Crippen LogP contribution >= 0.6 is 22.9 Å². The maximum Gasteiger partial charge on any atom is 0.185 e. The second kappa shape index (κ2) is 4.49. The molecule has 1 saturated carbocycles. The molecule has 4 heteroatoms. The van der Waals surface area contributed by atoms with Crippen molar-refractivity contribution >= 4 is 28.8 Å². The Hall–Kier alpha value is -0.280. The SMILES string of the molecule is CC1CCC(CNc2csc(Cl)n2)C1. The standard InChI is InChI=1S/C10H15ClN2S/c1-7-2-3-8(4-7)5-12-9-6-14-10(11)13-9/h6-8,12H,2-5H2,1H3. The summed E-state index contributed by atoms with van der Waals surface area (Å²) in [5, 5.41) is 5.32. The van der Waals surface area contributed by atoms with Gasteiger partial charge in [0.25, 0.3) is 0 Å². The number of halogens is 1. The number of nitrogens with zero attached hydrogens (tertiary/aromatic N) is 1. The summed E-state index contributed by atoms with van der Waals surface area (Å²) in [5.74, 6) is 2.66. The number of thiazole rings is 1. The lowest BCUT2D eigenvalue weighted by atomic mass is 10.1. The second-order valence-electron chi connectivity index (χ2n) is 4.15. The summed E-state index contributed by atoms with van der Waals surface area (Å²) in [7, 11) is 0. The van der Waals surface area contributed by atoms with E-state index in [1.165, 1.54) is 30.6 Å². The highest BCUT2D eigenvalue weighted by atomic mass is 35.5. The smallest absolute Gasteiger partial charge is 0.185 e. The van der Waals surface area contributed by atoms with Gasteiger partial charge in [-0.1, -0.05) is 24.9 Å². The van der Waals surface area contributed by atoms with E-state index in [0.29, 0.717) is 4.47 Å². The molecule has 2 rings (SSSR count). The van der Waals surface area contributed by atoms with E-state index in [1.807, 2.05) is 5.38 Å². The first-order valence-electron chi connectivity index (χ1n) is 5.09. The number of rotatable bonds is 3. The van der Waals surface area contributed by atoms with Gasteiger partial charge in [0.05, 0.1) is 0 Å². The van der Waals surface area contributed by atoms with Crippen LogP contribution < -0.4 is 5.32 Å². The highest BCUT2D eigenvalue weighted by Crippen LogP contribution is 2.30. The third kappa shape index (κ3) is 2.61. The van der Waals surface area contributed by atoms with Crippen molar-refractivity contribution in [2.45, 2.75) is 26.2 Å². The zero-order chi connectivity index (χ0) is 9.97. The molecule has 0 bridgehead atoms. The molecule has 14 heavy (non-hydrogen) atoms. The molecule has 1 aromatic rings. The molecule has 2 unspecified atom stereocenters. The van der Waals surface area contributed by atoms with E-state index in [2.05, 4.69) is 17.2 Å². The summed E-state index contributed by atoms with van der Waals surface area (Å²) < 4.78 is 0.618. The Balaban J connectivity index is 1.77. The van der Waals surface area contributed by atoms with Gasteiger partial charge in [-0.2, -0.15) is 0 Å². The molecule has 0 saturated heterocycles. The molecule has 1 fully saturated rings. The van der Waals surface area contributed by atoms with Crippen LogP contribution in [0.1, 0.15) is 26.2 Å². The van der Waals surface area contributed by atoms with Crippen molar-refractivity contribution in [2.75, 3.05) is 11.9 Å². The van der Waals surface area contributed by atoms with Gasteiger partial charge < -0.3 is 5.32 Å². The molecule has 1 heterocycles. The molecule has 2 nitrogen and oxygen atoms in total. The Morgan fingerprint density at radius 1 is 1.64 bits per heavy atom. The molecule has 0 aromatic carbocycles. The van der Waals surface area contributed by atoms with E-state index >= 15 is 0 Å². The van der Waals surface area contributed by atoms with E-state index in [9.17, 15) is 0 Å². The van der Waals surface area contributed by atoms with E-state index in [1.54, 1.807) is 0 Å². The van der Waals surface area contributed by atoms with Gasteiger partial charge in [0.1, 0.15) is 5.82 Å². The third-order valence-electron chi connectivity index (χ3n) is 2.85. The van der Waals surface area contributed by atoms with E-state index < -0.39 is 0 Å². The van der Waals surface area contributed by atoms with Crippen LogP contribution in [-0.2, 0) is 0 Å². The van der Waals surface area contributed by atoms with Crippen molar-refractivity contribution < 1.29 is 0 Å². The number of anilines is 1. The van der Waals surface area contributed by atoms with Gasteiger partial charge in [-0.25, -0.2) is 4.98 Å². The first-order chi connectivity index (χ1) is 6.74. The van der Waals surface area contributed by atoms with E-state index in [4.69, 9.17) is 11.6 Å². The lowest BCUT2D eigenvalue weighted by Crippen LogP contribution is -2.11. The van der Waals surface area contributed by atoms with Gasteiger partial charge in [0.2, 0.25) is 0 Å². The first kappa shape index (κ1) is 10.2. The molecule has 1 N–H and O–H groups in total. The zero-order valence-electron chi connectivity index (χ0n) is 8.29. The second-order valence-corrected chi connectivity index (χ2v) is 5.59. The third-order valence-corrected chi connectivity index (χ3v) is 3.83. The van der Waals surface area contributed by atoms with Crippen molar-refractivity contribution in [3.05, 3.63) is 9.85 Å². The van der Waals surface area contributed by atoms with Gasteiger partial charge in [0.15, 0.2) is 4.47 Å². The molecule has 2 atom stereocenters. The summed E-state index contributed by atoms with van der Waals surface area (Å²) >= 11 is 7.23. The van der Waals surface area contributed by atoms with Crippen molar-refractivity contribution in [1.29, 1.82) is 0 Å². The van der Waals surface area contributed by atoms with E-state index in [0.717, 1.165) is 24.2 Å². The summed E-state index contributed by atoms with van der Waals surface area (Å²) in [6.07, 6.45) is 4.08. The molecule has 78 valence electrons. The van der Waals surface area contributed by atoms with Crippen LogP contribution in [0.5, 0.6) is 0 Å². The summed E-state index contributed by atoms with van der Waals surface area (Å²) in [4.78, 5) is 4.16. The molecule has 1 aliphatic rings. The number of hydrogen-bond acceptors (Lipinski definition) is 3. The minimum absolute atomic E-state index is 0.618. The van der Waals surface area contributed by atoms with Crippen LogP contribution in [0.15, 0.2) is 5.38 Å². The van der Waals surface area contributed by atoms with Crippen LogP contribution in [-0.4, -0.2) is 11.5 Å². The molecule has 0 radical (unpaired) electrons. The monoisotopic (exact) mass is 230 g/mol. The van der Waals surface area contributed by atoms with E-state index in [-0.39, 0.29) is 0 Å². The number of nitrogens with one attached hydrogen (secondary N) is 1. The van der Waals surface area contributed by atoms with Crippen molar-refractivity contribution in [2.24, 2.45) is 11.8 Å². The summed E-state index contributed by atoms with van der Waals surface area (Å²) in [5.41, 5.74) is 0. The molecule has 0 aliphatic heterocycles. The fourth-order valence-corrected chi connectivity index (χ4v) is 2.81. The molecule has 0 spiro atoms. The topological polar surface area (TPSA) is 24.9 Å². The summed E-state index contributed by atoms with van der Waals surface area (Å²) in [6, 6.07) is 0. The lowest BCUT2D eigenvalue weighted by molar-refractivity contribution is 0.536. The van der Waals surface area contributed by atoms with Gasteiger partial charge in [-0.15, -0.1) is 11.3 Å². The lowest BCUT2D eigenvalue weighted by Gasteiger charge is -2.09. The van der Waals surface area contributed by atoms with Crippen LogP contribution in [0.25, 0.3) is 0 Å². The minimum Gasteiger partial charge on any atom is -0.369 e. The van der Waals surface area contributed by atoms with Gasteiger partial charge in [-0.05, 0) is 24.7 Å². The van der Waals surface area contributed by atoms with Crippen LogP contribution in [0.2, 0.25) is 4.47 Å². The van der Waals surface area contributed by atoms with Crippen molar-refractivity contribution in [1.82, 2.24) is 4.98 Å². The van der Waals surface area contributed by atoms with Gasteiger partial charge in [0, 0.05) is 11.9 Å². The predicted molar refractivity (Wildman–Crippen MR) is 62.1 cm³/mol. The zero-order valence-corrected chi connectivity index (χ0v) is 9.87. The van der Waals surface area contributed by atoms with Gasteiger partial charge in [-0.3, -0.25) is 0 Å². The minimum atomic E-state index is 0.618. The fourth-order valence-electron chi connectivity index (χ4n) is 2.09. The highest BCUT2D eigenvalue weighted by molar-refractivity contribution is 7.14. The normalized spacial score (nSPS) is 26.7. The van der Waals surface area contributed by atoms with Crippen LogP contribution in [0.4, 0.5) is 5.82 Å². The average molecular weight is 231 g/mol. The summed E-state index contributed by atoms with van der Waals surface area (Å²) in [6.45, 7) is 3.38.